The Labute approximate surface area is 88.7 Å². The minimum Gasteiger partial charge on any atom is -0.508 e. The molecule has 0 amide bonds. The largest absolute Gasteiger partial charge is 0.508 e. The second kappa shape index (κ2) is 4.64. The minimum atomic E-state index is -0.993. The minimum absolute atomic E-state index is 0.152. The van der Waals surface area contributed by atoms with E-state index in [0.29, 0.717) is 0 Å². The van der Waals surface area contributed by atoms with Gasteiger partial charge in [0.2, 0.25) is 0 Å². The van der Waals surface area contributed by atoms with Crippen LogP contribution in [0.3, 0.4) is 0 Å². The van der Waals surface area contributed by atoms with Gasteiger partial charge in [0.15, 0.2) is 0 Å². The van der Waals surface area contributed by atoms with E-state index in [1.165, 1.54) is 6.08 Å². The van der Waals surface area contributed by atoms with E-state index in [1.54, 1.807) is 18.2 Å². The van der Waals surface area contributed by atoms with Crippen LogP contribution >= 0.6 is 0 Å². The van der Waals surface area contributed by atoms with E-state index in [-0.39, 0.29) is 11.7 Å². The van der Waals surface area contributed by atoms with Crippen LogP contribution in [0.2, 0.25) is 0 Å². The third kappa shape index (κ3) is 2.84. The summed E-state index contributed by atoms with van der Waals surface area (Å²) < 4.78 is 0. The molecule has 0 aliphatic rings. The molecule has 3 heteroatoms. The quantitative estimate of drug-likeness (QED) is 0.747. The number of aromatic hydroxyl groups is 1. The number of carbonyl (C=O) groups is 1. The highest BCUT2D eigenvalue weighted by atomic mass is 16.4. The third-order valence-electron chi connectivity index (χ3n) is 2.10. The van der Waals surface area contributed by atoms with Gasteiger partial charge in [0.05, 0.1) is 0 Å². The van der Waals surface area contributed by atoms with Crippen molar-refractivity contribution in [3.63, 3.8) is 0 Å². The number of aliphatic carboxylic acids is 1. The summed E-state index contributed by atoms with van der Waals surface area (Å²) in [5.41, 5.74) is 1.52. The number of benzene rings is 1. The fraction of sp³-hybridized carbons (Fsp3) is 0.250. The Balaban J connectivity index is 3.17. The molecule has 0 aliphatic heterocycles. The molecule has 3 nitrogen and oxygen atoms in total. The maximum absolute atomic E-state index is 10.4. The van der Waals surface area contributed by atoms with Gasteiger partial charge in [0.25, 0.3) is 0 Å². The molecule has 0 fully saturated rings. The van der Waals surface area contributed by atoms with E-state index in [2.05, 4.69) is 0 Å². The van der Waals surface area contributed by atoms with Crippen molar-refractivity contribution in [3.8, 4) is 5.75 Å². The first-order chi connectivity index (χ1) is 7.02. The number of hydrogen-bond donors (Lipinski definition) is 2. The first-order valence-electron chi connectivity index (χ1n) is 4.75. The van der Waals surface area contributed by atoms with Crippen LogP contribution in [0, 0.1) is 0 Å². The van der Waals surface area contributed by atoms with Gasteiger partial charge in [-0.1, -0.05) is 26.0 Å². The fourth-order valence-electron chi connectivity index (χ4n) is 1.51. The Bertz CT molecular complexity index is 392. The summed E-state index contributed by atoms with van der Waals surface area (Å²) in [6.45, 7) is 3.90. The maximum Gasteiger partial charge on any atom is 0.328 e. The number of rotatable bonds is 3. The lowest BCUT2D eigenvalue weighted by molar-refractivity contribution is -0.131. The zero-order chi connectivity index (χ0) is 11.4. The first kappa shape index (κ1) is 11.3. The highest BCUT2D eigenvalue weighted by Gasteiger charge is 2.09. The summed E-state index contributed by atoms with van der Waals surface area (Å²) in [6.07, 6.45) is 2.57. The molecule has 15 heavy (non-hydrogen) atoms. The monoisotopic (exact) mass is 206 g/mol. The van der Waals surface area contributed by atoms with Gasteiger partial charge in [0, 0.05) is 11.6 Å². The summed E-state index contributed by atoms with van der Waals surface area (Å²) in [7, 11) is 0. The molecule has 0 spiro atoms. The summed E-state index contributed by atoms with van der Waals surface area (Å²) >= 11 is 0. The van der Waals surface area contributed by atoms with E-state index >= 15 is 0 Å². The van der Waals surface area contributed by atoms with Gasteiger partial charge >= 0.3 is 5.97 Å². The summed E-state index contributed by atoms with van der Waals surface area (Å²) in [4.78, 5) is 10.4. The lowest BCUT2D eigenvalue weighted by Gasteiger charge is -2.11. The fourth-order valence-corrected chi connectivity index (χ4v) is 1.51. The molecule has 1 aromatic carbocycles. The molecule has 2 N–H and O–H groups in total. The lowest BCUT2D eigenvalue weighted by atomic mass is 9.96. The van der Waals surface area contributed by atoms with Crippen molar-refractivity contribution in [1.29, 1.82) is 0 Å². The van der Waals surface area contributed by atoms with Crippen LogP contribution in [0.1, 0.15) is 30.9 Å². The van der Waals surface area contributed by atoms with Crippen molar-refractivity contribution in [2.45, 2.75) is 19.8 Å². The molecule has 80 valence electrons. The van der Waals surface area contributed by atoms with Crippen LogP contribution in [0.4, 0.5) is 0 Å². The molecule has 1 rings (SSSR count). The van der Waals surface area contributed by atoms with Crippen molar-refractivity contribution < 1.29 is 15.0 Å². The van der Waals surface area contributed by atoms with E-state index in [4.69, 9.17) is 5.11 Å². The van der Waals surface area contributed by atoms with Crippen molar-refractivity contribution in [2.75, 3.05) is 0 Å². The van der Waals surface area contributed by atoms with Gasteiger partial charge < -0.3 is 10.2 Å². The second-order valence-electron chi connectivity index (χ2n) is 3.61. The number of carboxylic acids is 1. The van der Waals surface area contributed by atoms with Gasteiger partial charge in [-0.25, -0.2) is 4.79 Å². The molecule has 0 aliphatic carbocycles. The molecule has 0 bridgehead atoms. The maximum atomic E-state index is 10.4. The molecule has 0 heterocycles. The van der Waals surface area contributed by atoms with Crippen molar-refractivity contribution in [1.82, 2.24) is 0 Å². The molecule has 0 saturated heterocycles. The SMILES string of the molecule is CC(C)c1c(O)cccc1/C=C/C(=O)O. The number of hydrogen-bond acceptors (Lipinski definition) is 2. The molecule has 0 saturated carbocycles. The van der Waals surface area contributed by atoms with Gasteiger partial charge in [-0.2, -0.15) is 0 Å². The predicted octanol–water partition coefficient (Wildman–Crippen LogP) is 2.61. The predicted molar refractivity (Wildman–Crippen MR) is 58.9 cm³/mol. The zero-order valence-electron chi connectivity index (χ0n) is 8.77. The molecular weight excluding hydrogens is 192 g/mol. The van der Waals surface area contributed by atoms with Crippen LogP contribution in [0.15, 0.2) is 24.3 Å². The highest BCUT2D eigenvalue weighted by molar-refractivity contribution is 5.85. The average molecular weight is 206 g/mol. The van der Waals surface area contributed by atoms with Crippen LogP contribution in [-0.4, -0.2) is 16.2 Å². The standard InChI is InChI=1S/C12H14O3/c1-8(2)12-9(6-7-11(14)15)4-3-5-10(12)13/h3-8,13H,1-2H3,(H,14,15)/b7-6+. The second-order valence-corrected chi connectivity index (χ2v) is 3.61. The van der Waals surface area contributed by atoms with Crippen LogP contribution < -0.4 is 0 Å². The number of phenolic OH excluding ortho intramolecular Hbond substituents is 1. The molecule has 1 aromatic rings. The average Bonchev–Trinajstić information content (AvgIpc) is 2.13. The van der Waals surface area contributed by atoms with E-state index in [0.717, 1.165) is 17.2 Å². The van der Waals surface area contributed by atoms with Crippen molar-refractivity contribution in [2.24, 2.45) is 0 Å². The van der Waals surface area contributed by atoms with Gasteiger partial charge in [-0.05, 0) is 23.6 Å². The molecule has 0 aromatic heterocycles. The number of carboxylic acid groups (broad SMARTS) is 1. The van der Waals surface area contributed by atoms with Crippen LogP contribution in [-0.2, 0) is 4.79 Å². The summed E-state index contributed by atoms with van der Waals surface area (Å²) in [6, 6.07) is 5.09. The summed E-state index contributed by atoms with van der Waals surface area (Å²) in [5, 5.41) is 18.2. The normalized spacial score (nSPS) is 11.1. The van der Waals surface area contributed by atoms with Crippen LogP contribution in [0.25, 0.3) is 6.08 Å². The first-order valence-corrected chi connectivity index (χ1v) is 4.75. The summed E-state index contributed by atoms with van der Waals surface area (Å²) in [5.74, 6) is -0.634. The highest BCUT2D eigenvalue weighted by Crippen LogP contribution is 2.29. The smallest absolute Gasteiger partial charge is 0.328 e. The molecule has 0 radical (unpaired) electrons. The topological polar surface area (TPSA) is 57.5 Å². The Morgan fingerprint density at radius 2 is 2.07 bits per heavy atom. The Morgan fingerprint density at radius 3 is 2.60 bits per heavy atom. The van der Waals surface area contributed by atoms with Gasteiger partial charge in [-0.3, -0.25) is 0 Å². The molecule has 0 unspecified atom stereocenters. The van der Waals surface area contributed by atoms with E-state index in [1.807, 2.05) is 13.8 Å². The van der Waals surface area contributed by atoms with Crippen LogP contribution in [0.5, 0.6) is 5.75 Å². The van der Waals surface area contributed by atoms with Gasteiger partial charge in [-0.15, -0.1) is 0 Å². The number of phenols is 1. The van der Waals surface area contributed by atoms with E-state index < -0.39 is 5.97 Å². The third-order valence-corrected chi connectivity index (χ3v) is 2.10. The van der Waals surface area contributed by atoms with Crippen molar-refractivity contribution >= 4 is 12.0 Å². The molecule has 0 atom stereocenters. The van der Waals surface area contributed by atoms with E-state index in [9.17, 15) is 9.90 Å². The molecular formula is C12H14O3. The Hall–Kier alpha value is -1.77. The zero-order valence-corrected chi connectivity index (χ0v) is 8.77. The Morgan fingerprint density at radius 1 is 1.40 bits per heavy atom. The lowest BCUT2D eigenvalue weighted by Crippen LogP contribution is -1.93. The van der Waals surface area contributed by atoms with Crippen molar-refractivity contribution in [3.05, 3.63) is 35.4 Å². The Kier molecular flexibility index (Phi) is 3.50. The van der Waals surface area contributed by atoms with Gasteiger partial charge in [0.1, 0.15) is 5.75 Å².